The van der Waals surface area contributed by atoms with Crippen molar-refractivity contribution in [2.45, 2.75) is 19.8 Å². The maximum atomic E-state index is 12.8. The summed E-state index contributed by atoms with van der Waals surface area (Å²) in [6, 6.07) is 19.7. The quantitative estimate of drug-likeness (QED) is 0.369. The number of carbonyl (C=O) groups is 2. The molecule has 6 heteroatoms. The zero-order valence-electron chi connectivity index (χ0n) is 17.1. The van der Waals surface area contributed by atoms with E-state index in [4.69, 9.17) is 15.7 Å². The van der Waals surface area contributed by atoms with Crippen LogP contribution in [0.4, 0.5) is 0 Å². The first-order chi connectivity index (χ1) is 15.1. The molecule has 0 atom stereocenters. The van der Waals surface area contributed by atoms with Crippen LogP contribution < -0.4 is 10.5 Å². The summed E-state index contributed by atoms with van der Waals surface area (Å²) in [4.78, 5) is 24.7. The van der Waals surface area contributed by atoms with Crippen LogP contribution in [0.2, 0.25) is 0 Å². The van der Waals surface area contributed by atoms with Crippen LogP contribution in [0, 0.1) is 11.3 Å². The van der Waals surface area contributed by atoms with Gasteiger partial charge in [-0.25, -0.2) is 0 Å². The van der Waals surface area contributed by atoms with E-state index in [0.29, 0.717) is 24.1 Å². The molecule has 0 fully saturated rings. The summed E-state index contributed by atoms with van der Waals surface area (Å²) >= 11 is 0. The maximum Gasteiger partial charge on any atom is 0.289 e. The molecule has 0 radical (unpaired) electrons. The van der Waals surface area contributed by atoms with E-state index in [1.54, 1.807) is 12.1 Å². The highest BCUT2D eigenvalue weighted by Crippen LogP contribution is 2.34. The number of primary amides is 1. The third-order valence-electron chi connectivity index (χ3n) is 5.47. The number of ether oxygens (including phenoxy) is 1. The normalized spacial score (nSPS) is 10.8. The first-order valence-corrected chi connectivity index (χ1v) is 10.0. The summed E-state index contributed by atoms with van der Waals surface area (Å²) in [5.41, 5.74) is 8.84. The largest absolute Gasteiger partial charge is 0.477 e. The molecular weight excluding hydrogens is 390 g/mol. The lowest BCUT2D eigenvalue weighted by atomic mass is 9.96. The molecule has 0 aliphatic rings. The van der Waals surface area contributed by atoms with E-state index in [1.807, 2.05) is 41.8 Å². The first-order valence-electron chi connectivity index (χ1n) is 10.0. The van der Waals surface area contributed by atoms with E-state index in [2.05, 4.69) is 24.3 Å². The molecule has 0 aliphatic heterocycles. The van der Waals surface area contributed by atoms with Gasteiger partial charge in [-0.3, -0.25) is 9.59 Å². The van der Waals surface area contributed by atoms with Gasteiger partial charge >= 0.3 is 0 Å². The molecule has 2 heterocycles. The van der Waals surface area contributed by atoms with Crippen molar-refractivity contribution in [2.24, 2.45) is 5.73 Å². The number of aromatic nitrogens is 1. The number of Topliss-reactive ketones (excluding diaryl/α,β-unsaturated/α-hetero) is 1. The van der Waals surface area contributed by atoms with Crippen molar-refractivity contribution in [1.82, 2.24) is 4.40 Å². The average molecular weight is 411 g/mol. The molecule has 4 aromatic rings. The second-order valence-electron chi connectivity index (χ2n) is 7.20. The van der Waals surface area contributed by atoms with Gasteiger partial charge in [-0.1, -0.05) is 49.4 Å². The van der Waals surface area contributed by atoms with Crippen LogP contribution in [0.1, 0.15) is 34.1 Å². The fraction of sp³-hybridized carbons (Fsp3) is 0.160. The van der Waals surface area contributed by atoms with Crippen molar-refractivity contribution in [3.05, 3.63) is 83.2 Å². The molecule has 1 amide bonds. The van der Waals surface area contributed by atoms with Crippen molar-refractivity contribution < 1.29 is 14.3 Å². The van der Waals surface area contributed by atoms with Crippen LogP contribution in [0.25, 0.3) is 16.3 Å². The number of hydrogen-bond donors (Lipinski definition) is 1. The fourth-order valence-corrected chi connectivity index (χ4v) is 4.18. The van der Waals surface area contributed by atoms with Gasteiger partial charge in [-0.05, 0) is 40.5 Å². The van der Waals surface area contributed by atoms with Crippen molar-refractivity contribution in [2.75, 3.05) is 6.61 Å². The topological polar surface area (TPSA) is 97.6 Å². The van der Waals surface area contributed by atoms with Crippen LogP contribution in [-0.4, -0.2) is 22.7 Å². The second kappa shape index (κ2) is 8.33. The molecule has 0 bridgehead atoms. The predicted octanol–water partition coefficient (Wildman–Crippen LogP) is 3.82. The van der Waals surface area contributed by atoms with Crippen LogP contribution in [0.5, 0.6) is 5.75 Å². The highest BCUT2D eigenvalue weighted by Gasteiger charge is 2.27. The Hall–Kier alpha value is -4.11. The summed E-state index contributed by atoms with van der Waals surface area (Å²) < 4.78 is 7.46. The molecule has 0 unspecified atom stereocenters. The summed E-state index contributed by atoms with van der Waals surface area (Å²) in [7, 11) is 0. The number of carbonyl (C=O) groups excluding carboxylic acids is 2. The lowest BCUT2D eigenvalue weighted by Gasteiger charge is -2.10. The molecule has 0 saturated heterocycles. The van der Waals surface area contributed by atoms with Gasteiger partial charge in [-0.15, -0.1) is 0 Å². The third kappa shape index (κ3) is 3.51. The molecule has 0 aliphatic carbocycles. The zero-order chi connectivity index (χ0) is 22.0. The lowest BCUT2D eigenvalue weighted by Crippen LogP contribution is -2.24. The smallest absolute Gasteiger partial charge is 0.289 e. The minimum Gasteiger partial charge on any atom is -0.477 e. The maximum absolute atomic E-state index is 12.8. The van der Waals surface area contributed by atoms with Gasteiger partial charge in [0.15, 0.2) is 6.61 Å². The third-order valence-corrected chi connectivity index (χ3v) is 5.47. The number of hydrogen-bond acceptors (Lipinski definition) is 4. The Morgan fingerprint density at radius 3 is 2.61 bits per heavy atom. The summed E-state index contributed by atoms with van der Waals surface area (Å²) in [6.45, 7) is 1.77. The zero-order valence-corrected chi connectivity index (χ0v) is 17.1. The van der Waals surface area contributed by atoms with Gasteiger partial charge < -0.3 is 14.9 Å². The van der Waals surface area contributed by atoms with Crippen molar-refractivity contribution in [1.29, 1.82) is 5.26 Å². The van der Waals surface area contributed by atoms with E-state index in [0.717, 1.165) is 27.6 Å². The van der Waals surface area contributed by atoms with E-state index < -0.39 is 11.7 Å². The monoisotopic (exact) mass is 411 g/mol. The number of rotatable bonds is 7. The Labute approximate surface area is 179 Å². The number of benzene rings is 2. The highest BCUT2D eigenvalue weighted by molar-refractivity contribution is 6.44. The first kappa shape index (κ1) is 20.2. The second-order valence-corrected chi connectivity index (χ2v) is 7.20. The van der Waals surface area contributed by atoms with Crippen LogP contribution in [-0.2, 0) is 17.6 Å². The Morgan fingerprint density at radius 1 is 1.10 bits per heavy atom. The van der Waals surface area contributed by atoms with Gasteiger partial charge in [0, 0.05) is 18.3 Å². The average Bonchev–Trinajstić information content (AvgIpc) is 3.11. The number of nitrogens with two attached hydrogens (primary N) is 1. The number of amides is 1. The van der Waals surface area contributed by atoms with E-state index in [-0.39, 0.29) is 12.2 Å². The summed E-state index contributed by atoms with van der Waals surface area (Å²) in [6.07, 6.45) is 2.93. The predicted molar refractivity (Wildman–Crippen MR) is 118 cm³/mol. The van der Waals surface area contributed by atoms with Crippen LogP contribution in [0.3, 0.4) is 0 Å². The summed E-state index contributed by atoms with van der Waals surface area (Å²) in [5.74, 6) is -1.41. The number of nitrogens with zero attached hydrogens (tertiary/aromatic N) is 2. The van der Waals surface area contributed by atoms with Gasteiger partial charge in [-0.2, -0.15) is 5.26 Å². The van der Waals surface area contributed by atoms with Crippen LogP contribution >= 0.6 is 0 Å². The van der Waals surface area contributed by atoms with Crippen molar-refractivity contribution >= 4 is 28.0 Å². The van der Waals surface area contributed by atoms with Crippen molar-refractivity contribution in [3.63, 3.8) is 0 Å². The standard InChI is InChI=1S/C25H21N3O3/c1-2-18-20(15-17-9-5-8-16-7-3-4-10-19(16)17)28-13-6-11-21(31-14-12-26)23(28)22(18)24(29)25(27)30/h3-11,13H,2,14-15H2,1H3,(H2,27,30). The molecule has 31 heavy (non-hydrogen) atoms. The van der Waals surface area contributed by atoms with Gasteiger partial charge in [0.2, 0.25) is 0 Å². The van der Waals surface area contributed by atoms with Gasteiger partial charge in [0.25, 0.3) is 11.7 Å². The number of ketones is 1. The van der Waals surface area contributed by atoms with Crippen LogP contribution in [0.15, 0.2) is 60.8 Å². The molecule has 2 aromatic carbocycles. The Kier molecular flexibility index (Phi) is 5.42. The number of fused-ring (bicyclic) bond motifs is 2. The molecule has 0 saturated carbocycles. The Bertz CT molecular complexity index is 1360. The molecule has 6 nitrogen and oxygen atoms in total. The van der Waals surface area contributed by atoms with E-state index in [1.165, 1.54) is 0 Å². The Balaban J connectivity index is 2.00. The highest BCUT2D eigenvalue weighted by atomic mass is 16.5. The SMILES string of the molecule is CCc1c(C(=O)C(N)=O)c2c(OCC#N)cccn2c1Cc1cccc2ccccc12. The molecule has 4 rings (SSSR count). The fourth-order valence-electron chi connectivity index (χ4n) is 4.18. The molecular formula is C25H21N3O3. The minimum absolute atomic E-state index is 0.171. The molecule has 154 valence electrons. The number of pyridine rings is 1. The lowest BCUT2D eigenvalue weighted by molar-refractivity contribution is -0.114. The van der Waals surface area contributed by atoms with E-state index in [9.17, 15) is 9.59 Å². The Morgan fingerprint density at radius 2 is 1.87 bits per heavy atom. The summed E-state index contributed by atoms with van der Waals surface area (Å²) in [5, 5.41) is 11.2. The molecule has 2 aromatic heterocycles. The van der Waals surface area contributed by atoms with Gasteiger partial charge in [0.05, 0.1) is 11.1 Å². The minimum atomic E-state index is -1.02. The van der Waals surface area contributed by atoms with Crippen molar-refractivity contribution in [3.8, 4) is 11.8 Å². The molecule has 2 N–H and O–H groups in total. The molecule has 0 spiro atoms. The van der Waals surface area contributed by atoms with Gasteiger partial charge in [0.1, 0.15) is 11.8 Å². The van der Waals surface area contributed by atoms with E-state index >= 15 is 0 Å². The number of nitriles is 1.